The van der Waals surface area contributed by atoms with Gasteiger partial charge in [0.1, 0.15) is 0 Å². The van der Waals surface area contributed by atoms with Crippen molar-refractivity contribution < 1.29 is 14.3 Å². The number of carbonyl (C=O) groups excluding carboxylic acids is 2. The first-order valence-electron chi connectivity index (χ1n) is 5.53. The van der Waals surface area contributed by atoms with Crippen molar-refractivity contribution in [3.8, 4) is 0 Å². The smallest absolute Gasteiger partial charge is 0.409 e. The minimum absolute atomic E-state index is 0.0750. The number of ether oxygens (including phenoxy) is 1. The van der Waals surface area contributed by atoms with Gasteiger partial charge in [0.05, 0.1) is 13.2 Å². The lowest BCUT2D eigenvalue weighted by atomic mass is 10.3. The van der Waals surface area contributed by atoms with Gasteiger partial charge < -0.3 is 19.9 Å². The van der Waals surface area contributed by atoms with E-state index in [0.29, 0.717) is 39.3 Å². The normalized spacial score (nSPS) is 16.1. The molecule has 0 atom stereocenters. The van der Waals surface area contributed by atoms with Crippen LogP contribution in [0.4, 0.5) is 4.79 Å². The van der Waals surface area contributed by atoms with Crippen LogP contribution in [0.15, 0.2) is 0 Å². The van der Waals surface area contributed by atoms with E-state index in [4.69, 9.17) is 4.74 Å². The second-order valence-electron chi connectivity index (χ2n) is 3.60. The second kappa shape index (κ2) is 6.32. The summed E-state index contributed by atoms with van der Waals surface area (Å²) in [6.45, 7) is 4.78. The summed E-state index contributed by atoms with van der Waals surface area (Å²) in [7, 11) is 1.74. The highest BCUT2D eigenvalue weighted by atomic mass is 16.6. The van der Waals surface area contributed by atoms with Crippen molar-refractivity contribution in [2.45, 2.75) is 6.92 Å². The second-order valence-corrected chi connectivity index (χ2v) is 3.60. The van der Waals surface area contributed by atoms with E-state index in [1.807, 2.05) is 0 Å². The molecule has 0 aromatic carbocycles. The van der Waals surface area contributed by atoms with Gasteiger partial charge in [-0.3, -0.25) is 4.79 Å². The molecule has 92 valence electrons. The lowest BCUT2D eigenvalue weighted by Crippen LogP contribution is -2.52. The zero-order valence-corrected chi connectivity index (χ0v) is 9.86. The van der Waals surface area contributed by atoms with Gasteiger partial charge in [0.2, 0.25) is 5.91 Å². The maximum Gasteiger partial charge on any atom is 0.409 e. The molecule has 1 fully saturated rings. The number of piperazine rings is 1. The molecule has 1 aliphatic rings. The van der Waals surface area contributed by atoms with Gasteiger partial charge in [0.25, 0.3) is 0 Å². The monoisotopic (exact) mass is 229 g/mol. The summed E-state index contributed by atoms with van der Waals surface area (Å²) in [5, 5.41) is 2.82. The van der Waals surface area contributed by atoms with Crippen molar-refractivity contribution in [1.29, 1.82) is 0 Å². The van der Waals surface area contributed by atoms with E-state index < -0.39 is 0 Å². The Labute approximate surface area is 95.5 Å². The van der Waals surface area contributed by atoms with Gasteiger partial charge in [0.15, 0.2) is 0 Å². The van der Waals surface area contributed by atoms with Crippen LogP contribution >= 0.6 is 0 Å². The van der Waals surface area contributed by atoms with Crippen LogP contribution in [0, 0.1) is 0 Å². The summed E-state index contributed by atoms with van der Waals surface area (Å²) in [4.78, 5) is 26.3. The highest BCUT2D eigenvalue weighted by Crippen LogP contribution is 2.03. The Hall–Kier alpha value is -1.30. The molecule has 0 radical (unpaired) electrons. The lowest BCUT2D eigenvalue weighted by Gasteiger charge is -2.34. The van der Waals surface area contributed by atoms with E-state index in [1.165, 1.54) is 0 Å². The maximum atomic E-state index is 11.5. The molecule has 1 heterocycles. The standard InChI is InChI=1S/C10H19N3O3/c1-3-16-10(15)13-6-4-12(5-7-13)9(14)8-11-2/h11H,3-8H2,1-2H3. The third kappa shape index (κ3) is 3.37. The summed E-state index contributed by atoms with van der Waals surface area (Å²) >= 11 is 0. The summed E-state index contributed by atoms with van der Waals surface area (Å²) in [5.41, 5.74) is 0. The third-order valence-electron chi connectivity index (χ3n) is 2.49. The number of amides is 2. The molecule has 1 rings (SSSR count). The van der Waals surface area contributed by atoms with E-state index in [9.17, 15) is 9.59 Å². The van der Waals surface area contributed by atoms with Gasteiger partial charge in [-0.05, 0) is 14.0 Å². The molecule has 0 aromatic rings. The Morgan fingerprint density at radius 3 is 2.25 bits per heavy atom. The van der Waals surface area contributed by atoms with Crippen molar-refractivity contribution in [1.82, 2.24) is 15.1 Å². The number of nitrogens with zero attached hydrogens (tertiary/aromatic N) is 2. The Balaban J connectivity index is 2.33. The van der Waals surface area contributed by atoms with Crippen molar-refractivity contribution in [3.05, 3.63) is 0 Å². The predicted molar refractivity (Wildman–Crippen MR) is 59.1 cm³/mol. The van der Waals surface area contributed by atoms with Gasteiger partial charge in [-0.1, -0.05) is 0 Å². The fourth-order valence-electron chi connectivity index (χ4n) is 1.62. The SMILES string of the molecule is CCOC(=O)N1CCN(C(=O)CNC)CC1. The van der Waals surface area contributed by atoms with E-state index in [-0.39, 0.29) is 12.0 Å². The number of likely N-dealkylation sites (N-methyl/N-ethyl adjacent to an activating group) is 1. The Kier molecular flexibility index (Phi) is 5.04. The van der Waals surface area contributed by atoms with Crippen molar-refractivity contribution >= 4 is 12.0 Å². The topological polar surface area (TPSA) is 61.9 Å². The molecular formula is C10H19N3O3. The molecule has 6 nitrogen and oxygen atoms in total. The molecule has 1 saturated heterocycles. The molecular weight excluding hydrogens is 210 g/mol. The highest BCUT2D eigenvalue weighted by molar-refractivity contribution is 5.78. The van der Waals surface area contributed by atoms with E-state index in [2.05, 4.69) is 5.32 Å². The number of nitrogens with one attached hydrogen (secondary N) is 1. The third-order valence-corrected chi connectivity index (χ3v) is 2.49. The average Bonchev–Trinajstić information content (AvgIpc) is 2.30. The molecule has 16 heavy (non-hydrogen) atoms. The zero-order valence-electron chi connectivity index (χ0n) is 9.86. The fraction of sp³-hybridized carbons (Fsp3) is 0.800. The molecule has 6 heteroatoms. The minimum atomic E-state index is -0.289. The first-order valence-corrected chi connectivity index (χ1v) is 5.53. The van der Waals surface area contributed by atoms with Crippen LogP contribution in [0.25, 0.3) is 0 Å². The van der Waals surface area contributed by atoms with Gasteiger partial charge in [-0.15, -0.1) is 0 Å². The molecule has 0 bridgehead atoms. The number of hydrogen-bond donors (Lipinski definition) is 1. The minimum Gasteiger partial charge on any atom is -0.450 e. The van der Waals surface area contributed by atoms with Crippen LogP contribution in [0.1, 0.15) is 6.92 Å². The number of rotatable bonds is 3. The molecule has 0 aromatic heterocycles. The van der Waals surface area contributed by atoms with Gasteiger partial charge >= 0.3 is 6.09 Å². The molecule has 1 N–H and O–H groups in total. The van der Waals surface area contributed by atoms with Gasteiger partial charge in [-0.25, -0.2) is 4.79 Å². The first-order chi connectivity index (χ1) is 7.69. The molecule has 0 unspecified atom stereocenters. The Morgan fingerprint density at radius 2 is 1.75 bits per heavy atom. The molecule has 0 aliphatic carbocycles. The quantitative estimate of drug-likeness (QED) is 0.709. The molecule has 0 saturated carbocycles. The molecule has 1 aliphatic heterocycles. The summed E-state index contributed by atoms with van der Waals surface area (Å²) in [5.74, 6) is 0.0750. The summed E-state index contributed by atoms with van der Waals surface area (Å²) < 4.78 is 4.90. The van der Waals surface area contributed by atoms with Crippen LogP contribution in [-0.2, 0) is 9.53 Å². The first kappa shape index (κ1) is 12.8. The van der Waals surface area contributed by atoms with Crippen LogP contribution < -0.4 is 5.32 Å². The lowest BCUT2D eigenvalue weighted by molar-refractivity contribution is -0.131. The maximum absolute atomic E-state index is 11.5. The largest absolute Gasteiger partial charge is 0.450 e. The molecule has 2 amide bonds. The molecule has 0 spiro atoms. The average molecular weight is 229 g/mol. The van der Waals surface area contributed by atoms with Gasteiger partial charge in [0, 0.05) is 26.2 Å². The Morgan fingerprint density at radius 1 is 1.19 bits per heavy atom. The zero-order chi connectivity index (χ0) is 12.0. The number of hydrogen-bond acceptors (Lipinski definition) is 4. The van der Waals surface area contributed by atoms with Crippen molar-refractivity contribution in [3.63, 3.8) is 0 Å². The van der Waals surface area contributed by atoms with E-state index in [1.54, 1.807) is 23.8 Å². The van der Waals surface area contributed by atoms with Crippen LogP contribution in [0.2, 0.25) is 0 Å². The van der Waals surface area contributed by atoms with Crippen molar-refractivity contribution in [2.75, 3.05) is 46.4 Å². The summed E-state index contributed by atoms with van der Waals surface area (Å²) in [6, 6.07) is 0. The van der Waals surface area contributed by atoms with Crippen LogP contribution in [0.3, 0.4) is 0 Å². The van der Waals surface area contributed by atoms with Gasteiger partial charge in [-0.2, -0.15) is 0 Å². The predicted octanol–water partition coefficient (Wildman–Crippen LogP) is -0.493. The van der Waals surface area contributed by atoms with Crippen LogP contribution in [0.5, 0.6) is 0 Å². The fourth-order valence-corrected chi connectivity index (χ4v) is 1.62. The Bertz CT molecular complexity index is 224. The van der Waals surface area contributed by atoms with E-state index in [0.717, 1.165) is 0 Å². The van der Waals surface area contributed by atoms with Crippen LogP contribution in [-0.4, -0.2) is 68.2 Å². The number of carbonyl (C=O) groups is 2. The summed E-state index contributed by atoms with van der Waals surface area (Å²) in [6.07, 6.45) is -0.289. The van der Waals surface area contributed by atoms with Crippen molar-refractivity contribution in [2.24, 2.45) is 0 Å². The van der Waals surface area contributed by atoms with E-state index >= 15 is 0 Å². The highest BCUT2D eigenvalue weighted by Gasteiger charge is 2.24.